The number of aliphatic carboxylic acids is 1. The molecule has 1 saturated carbocycles. The summed E-state index contributed by atoms with van der Waals surface area (Å²) in [6, 6.07) is 8.64. The molecule has 0 aliphatic heterocycles. The molecule has 0 saturated heterocycles. The predicted molar refractivity (Wildman–Crippen MR) is 83.6 cm³/mol. The fourth-order valence-electron chi connectivity index (χ4n) is 4.23. The van der Waals surface area contributed by atoms with Crippen molar-refractivity contribution < 1.29 is 9.90 Å². The normalized spacial score (nSPS) is 23.4. The second kappa shape index (κ2) is 5.80. The Kier molecular flexibility index (Phi) is 4.03. The van der Waals surface area contributed by atoms with Gasteiger partial charge in [0.1, 0.15) is 0 Å². The lowest BCUT2D eigenvalue weighted by Crippen LogP contribution is -2.51. The van der Waals surface area contributed by atoms with Crippen molar-refractivity contribution in [3.63, 3.8) is 0 Å². The lowest BCUT2D eigenvalue weighted by Gasteiger charge is -2.46. The molecular weight excluding hydrogens is 262 g/mol. The lowest BCUT2D eigenvalue weighted by atomic mass is 9.74. The van der Waals surface area contributed by atoms with Gasteiger partial charge in [0.25, 0.3) is 0 Å². The van der Waals surface area contributed by atoms with Crippen molar-refractivity contribution in [1.29, 1.82) is 0 Å². The van der Waals surface area contributed by atoms with Crippen LogP contribution >= 0.6 is 0 Å². The molecule has 0 aromatic heterocycles. The van der Waals surface area contributed by atoms with E-state index in [0.717, 1.165) is 25.8 Å². The number of nitrogens with zero attached hydrogens (tertiary/aromatic N) is 1. The maximum Gasteiger partial charge on any atom is 0.305 e. The van der Waals surface area contributed by atoms with E-state index in [9.17, 15) is 9.90 Å². The van der Waals surface area contributed by atoms with Gasteiger partial charge in [-0.15, -0.1) is 0 Å². The molecule has 0 amide bonds. The minimum absolute atomic E-state index is 0.116. The van der Waals surface area contributed by atoms with Gasteiger partial charge in [-0.3, -0.25) is 9.69 Å². The van der Waals surface area contributed by atoms with Crippen LogP contribution in [0, 0.1) is 0 Å². The van der Waals surface area contributed by atoms with Crippen LogP contribution in [0.15, 0.2) is 24.3 Å². The molecule has 1 aromatic rings. The monoisotopic (exact) mass is 287 g/mol. The SMILES string of the molecule is CN(CC1Cc2ccccc21)C1(CC(=O)O)CCCCC1. The van der Waals surface area contributed by atoms with Crippen molar-refractivity contribution in [2.75, 3.05) is 13.6 Å². The first-order valence-corrected chi connectivity index (χ1v) is 8.12. The van der Waals surface area contributed by atoms with E-state index in [-0.39, 0.29) is 12.0 Å². The van der Waals surface area contributed by atoms with Crippen molar-refractivity contribution in [1.82, 2.24) is 4.90 Å². The maximum absolute atomic E-state index is 11.3. The highest BCUT2D eigenvalue weighted by molar-refractivity contribution is 5.68. The summed E-state index contributed by atoms with van der Waals surface area (Å²) in [5, 5.41) is 9.32. The molecule has 3 nitrogen and oxygen atoms in total. The highest BCUT2D eigenvalue weighted by Gasteiger charge is 2.40. The number of rotatable bonds is 5. The molecule has 2 aliphatic rings. The van der Waals surface area contributed by atoms with E-state index in [1.165, 1.54) is 30.4 Å². The zero-order valence-electron chi connectivity index (χ0n) is 12.8. The molecule has 1 N–H and O–H groups in total. The molecule has 0 spiro atoms. The summed E-state index contributed by atoms with van der Waals surface area (Å²) in [5.41, 5.74) is 2.81. The maximum atomic E-state index is 11.3. The van der Waals surface area contributed by atoms with Crippen LogP contribution in [-0.2, 0) is 11.2 Å². The molecule has 2 aliphatic carbocycles. The number of hydrogen-bond acceptors (Lipinski definition) is 2. The lowest BCUT2D eigenvalue weighted by molar-refractivity contribution is -0.141. The summed E-state index contributed by atoms with van der Waals surface area (Å²) in [7, 11) is 2.13. The fraction of sp³-hybridized carbons (Fsp3) is 0.611. The zero-order valence-corrected chi connectivity index (χ0v) is 12.8. The molecule has 3 heteroatoms. The first-order valence-electron chi connectivity index (χ1n) is 8.12. The Morgan fingerprint density at radius 3 is 2.67 bits per heavy atom. The summed E-state index contributed by atoms with van der Waals surface area (Å²) >= 11 is 0. The summed E-state index contributed by atoms with van der Waals surface area (Å²) in [5.74, 6) is -0.0726. The van der Waals surface area contributed by atoms with E-state index in [1.54, 1.807) is 0 Å². The van der Waals surface area contributed by atoms with Crippen LogP contribution in [0.3, 0.4) is 0 Å². The Labute approximate surface area is 127 Å². The molecule has 1 unspecified atom stereocenters. The van der Waals surface area contributed by atoms with Crippen molar-refractivity contribution in [3.05, 3.63) is 35.4 Å². The Balaban J connectivity index is 1.70. The van der Waals surface area contributed by atoms with Crippen molar-refractivity contribution in [2.45, 2.75) is 56.4 Å². The van der Waals surface area contributed by atoms with Gasteiger partial charge in [-0.25, -0.2) is 0 Å². The van der Waals surface area contributed by atoms with Crippen LogP contribution < -0.4 is 0 Å². The van der Waals surface area contributed by atoms with Crippen LogP contribution in [0.1, 0.15) is 55.6 Å². The van der Waals surface area contributed by atoms with Gasteiger partial charge in [-0.2, -0.15) is 0 Å². The van der Waals surface area contributed by atoms with Crippen LogP contribution in [0.5, 0.6) is 0 Å². The average Bonchev–Trinajstić information content (AvgIpc) is 2.45. The third-order valence-corrected chi connectivity index (χ3v) is 5.53. The molecule has 21 heavy (non-hydrogen) atoms. The number of likely N-dealkylation sites (N-methyl/N-ethyl adjacent to an activating group) is 1. The minimum atomic E-state index is -0.655. The van der Waals surface area contributed by atoms with E-state index in [4.69, 9.17) is 0 Å². The van der Waals surface area contributed by atoms with Gasteiger partial charge < -0.3 is 5.11 Å². The van der Waals surface area contributed by atoms with E-state index >= 15 is 0 Å². The second-order valence-corrected chi connectivity index (χ2v) is 6.84. The fourth-order valence-corrected chi connectivity index (χ4v) is 4.23. The number of carboxylic acid groups (broad SMARTS) is 1. The third kappa shape index (κ3) is 2.84. The standard InChI is InChI=1S/C18H25NO2/c1-19(13-15-11-14-7-3-4-8-16(14)15)18(12-17(20)21)9-5-2-6-10-18/h3-4,7-8,15H,2,5-6,9-13H2,1H3,(H,20,21). The summed E-state index contributed by atoms with van der Waals surface area (Å²) in [4.78, 5) is 13.7. The van der Waals surface area contributed by atoms with Gasteiger partial charge >= 0.3 is 5.97 Å². The first kappa shape index (κ1) is 14.6. The summed E-state index contributed by atoms with van der Waals surface area (Å²) in [6.45, 7) is 0.990. The topological polar surface area (TPSA) is 40.5 Å². The van der Waals surface area contributed by atoms with Gasteiger partial charge in [0, 0.05) is 18.0 Å². The van der Waals surface area contributed by atoms with E-state index in [1.807, 2.05) is 0 Å². The quantitative estimate of drug-likeness (QED) is 0.902. The number of benzene rings is 1. The summed E-state index contributed by atoms with van der Waals surface area (Å²) in [6.07, 6.45) is 7.08. The number of hydrogen-bond donors (Lipinski definition) is 1. The predicted octanol–water partition coefficient (Wildman–Crippen LogP) is 3.44. The van der Waals surface area contributed by atoms with Crippen LogP contribution in [-0.4, -0.2) is 35.1 Å². The Morgan fingerprint density at radius 1 is 1.29 bits per heavy atom. The van der Waals surface area contributed by atoms with E-state index in [2.05, 4.69) is 36.2 Å². The van der Waals surface area contributed by atoms with Crippen LogP contribution in [0.4, 0.5) is 0 Å². The third-order valence-electron chi connectivity index (χ3n) is 5.53. The van der Waals surface area contributed by atoms with Crippen LogP contribution in [0.2, 0.25) is 0 Å². The van der Waals surface area contributed by atoms with E-state index in [0.29, 0.717) is 5.92 Å². The first-order chi connectivity index (χ1) is 10.1. The molecule has 0 radical (unpaired) electrons. The molecular formula is C18H25NO2. The molecule has 1 fully saturated rings. The average molecular weight is 287 g/mol. The highest BCUT2D eigenvalue weighted by Crippen LogP contribution is 2.40. The van der Waals surface area contributed by atoms with Gasteiger partial charge in [0.05, 0.1) is 6.42 Å². The van der Waals surface area contributed by atoms with Crippen molar-refractivity contribution in [3.8, 4) is 0 Å². The van der Waals surface area contributed by atoms with E-state index < -0.39 is 5.97 Å². The number of carboxylic acids is 1. The van der Waals surface area contributed by atoms with Crippen molar-refractivity contribution >= 4 is 5.97 Å². The zero-order chi connectivity index (χ0) is 14.9. The Hall–Kier alpha value is -1.35. The molecule has 114 valence electrons. The molecule has 0 heterocycles. The van der Waals surface area contributed by atoms with Crippen molar-refractivity contribution in [2.24, 2.45) is 0 Å². The van der Waals surface area contributed by atoms with Gasteiger partial charge in [0.2, 0.25) is 0 Å². The largest absolute Gasteiger partial charge is 0.481 e. The minimum Gasteiger partial charge on any atom is -0.481 e. The van der Waals surface area contributed by atoms with Gasteiger partial charge in [-0.1, -0.05) is 43.5 Å². The molecule has 1 aromatic carbocycles. The molecule has 1 atom stereocenters. The van der Waals surface area contributed by atoms with Gasteiger partial charge in [-0.05, 0) is 37.4 Å². The highest BCUT2D eigenvalue weighted by atomic mass is 16.4. The number of carbonyl (C=O) groups is 1. The smallest absolute Gasteiger partial charge is 0.305 e. The Morgan fingerprint density at radius 2 is 2.00 bits per heavy atom. The Bertz CT molecular complexity index is 520. The number of fused-ring (bicyclic) bond motifs is 1. The van der Waals surface area contributed by atoms with Gasteiger partial charge in [0.15, 0.2) is 0 Å². The van der Waals surface area contributed by atoms with Crippen LogP contribution in [0.25, 0.3) is 0 Å². The molecule has 0 bridgehead atoms. The molecule has 3 rings (SSSR count). The summed E-state index contributed by atoms with van der Waals surface area (Å²) < 4.78 is 0. The second-order valence-electron chi connectivity index (χ2n) is 6.84.